The lowest BCUT2D eigenvalue weighted by Crippen LogP contribution is -1.94. The van der Waals surface area contributed by atoms with Gasteiger partial charge in [0.15, 0.2) is 17.3 Å². The van der Waals surface area contributed by atoms with Crippen LogP contribution >= 0.6 is 15.9 Å². The average Bonchev–Trinajstić information content (AvgIpc) is 2.82. The fourth-order valence-corrected chi connectivity index (χ4v) is 1.89. The fourth-order valence-electron chi connectivity index (χ4n) is 1.38. The van der Waals surface area contributed by atoms with Crippen LogP contribution in [0.3, 0.4) is 0 Å². The Bertz CT molecular complexity index is 611. The van der Waals surface area contributed by atoms with Crippen LogP contribution in [0.2, 0.25) is 0 Å². The fraction of sp³-hybridized carbons (Fsp3) is 0.0909. The van der Waals surface area contributed by atoms with E-state index in [0.717, 1.165) is 6.07 Å². The molecular formula is C11H7BrFNO4. The first-order chi connectivity index (χ1) is 8.54. The Morgan fingerprint density at radius 1 is 1.56 bits per heavy atom. The highest BCUT2D eigenvalue weighted by atomic mass is 79.9. The second kappa shape index (κ2) is 4.77. The summed E-state index contributed by atoms with van der Waals surface area (Å²) in [5.41, 5.74) is -0.181. The van der Waals surface area contributed by atoms with Gasteiger partial charge in [0.05, 0.1) is 17.1 Å². The van der Waals surface area contributed by atoms with Crippen molar-refractivity contribution >= 4 is 21.9 Å². The molecule has 2 rings (SSSR count). The minimum atomic E-state index is -1.24. The van der Waals surface area contributed by atoms with Crippen molar-refractivity contribution in [1.82, 2.24) is 5.16 Å². The second-order valence-electron chi connectivity index (χ2n) is 3.32. The summed E-state index contributed by atoms with van der Waals surface area (Å²) in [7, 11) is 1.41. The van der Waals surface area contributed by atoms with E-state index in [-0.39, 0.29) is 21.5 Å². The number of methoxy groups -OCH3 is 1. The van der Waals surface area contributed by atoms with Crippen molar-refractivity contribution in [1.29, 1.82) is 0 Å². The van der Waals surface area contributed by atoms with Crippen LogP contribution in [0, 0.1) is 5.82 Å². The highest BCUT2D eigenvalue weighted by Gasteiger charge is 2.18. The van der Waals surface area contributed by atoms with Crippen LogP contribution in [-0.4, -0.2) is 23.3 Å². The van der Waals surface area contributed by atoms with E-state index in [1.54, 1.807) is 0 Å². The molecule has 1 N–H and O–H groups in total. The molecule has 0 aliphatic heterocycles. The van der Waals surface area contributed by atoms with Gasteiger partial charge < -0.3 is 14.4 Å². The van der Waals surface area contributed by atoms with E-state index < -0.39 is 11.8 Å². The SMILES string of the molecule is COc1ccc(-c2cc(C(=O)O)no2)c(F)c1Br. The zero-order valence-corrected chi connectivity index (χ0v) is 10.7. The first-order valence-corrected chi connectivity index (χ1v) is 5.56. The summed E-state index contributed by atoms with van der Waals surface area (Å²) in [5.74, 6) is -1.48. The molecule has 0 saturated carbocycles. The predicted molar refractivity (Wildman–Crippen MR) is 63.1 cm³/mol. The van der Waals surface area contributed by atoms with Gasteiger partial charge in [-0.1, -0.05) is 5.16 Å². The van der Waals surface area contributed by atoms with Crippen LogP contribution < -0.4 is 4.74 Å². The van der Waals surface area contributed by atoms with Crippen molar-refractivity contribution in [2.24, 2.45) is 0 Å². The van der Waals surface area contributed by atoms with Crippen LogP contribution in [0.4, 0.5) is 4.39 Å². The molecule has 0 unspecified atom stereocenters. The Morgan fingerprint density at radius 3 is 2.83 bits per heavy atom. The van der Waals surface area contributed by atoms with Crippen molar-refractivity contribution < 1.29 is 23.6 Å². The van der Waals surface area contributed by atoms with Gasteiger partial charge in [-0.3, -0.25) is 0 Å². The standard InChI is InChI=1S/C11H7BrFNO4/c1-17-7-3-2-5(10(13)9(7)12)8-4-6(11(15)16)14-18-8/h2-4H,1H3,(H,15,16). The lowest BCUT2D eigenvalue weighted by Gasteiger charge is -2.06. The van der Waals surface area contributed by atoms with Crippen LogP contribution in [0.1, 0.15) is 10.5 Å². The van der Waals surface area contributed by atoms with E-state index >= 15 is 0 Å². The third-order valence-electron chi connectivity index (χ3n) is 2.26. The molecule has 0 atom stereocenters. The lowest BCUT2D eigenvalue weighted by molar-refractivity contribution is 0.0686. The minimum Gasteiger partial charge on any atom is -0.495 e. The molecule has 2 aromatic rings. The lowest BCUT2D eigenvalue weighted by atomic mass is 10.1. The number of benzene rings is 1. The molecule has 0 radical (unpaired) electrons. The smallest absolute Gasteiger partial charge is 0.358 e. The molecule has 18 heavy (non-hydrogen) atoms. The number of hydrogen-bond acceptors (Lipinski definition) is 4. The van der Waals surface area contributed by atoms with Crippen molar-refractivity contribution in [3.05, 3.63) is 34.2 Å². The maximum Gasteiger partial charge on any atom is 0.358 e. The van der Waals surface area contributed by atoms with E-state index in [9.17, 15) is 9.18 Å². The van der Waals surface area contributed by atoms with E-state index in [4.69, 9.17) is 14.4 Å². The van der Waals surface area contributed by atoms with Gasteiger partial charge in [-0.25, -0.2) is 9.18 Å². The Labute approximate surface area is 109 Å². The Balaban J connectivity index is 2.50. The minimum absolute atomic E-state index is 0.0354. The zero-order valence-electron chi connectivity index (χ0n) is 9.11. The molecule has 1 aromatic heterocycles. The maximum absolute atomic E-state index is 14.0. The van der Waals surface area contributed by atoms with Gasteiger partial charge in [-0.05, 0) is 28.1 Å². The number of halogens is 2. The van der Waals surface area contributed by atoms with Gasteiger partial charge in [-0.15, -0.1) is 0 Å². The molecule has 7 heteroatoms. The molecule has 0 aliphatic rings. The second-order valence-corrected chi connectivity index (χ2v) is 4.12. The van der Waals surface area contributed by atoms with Gasteiger partial charge in [0.1, 0.15) is 5.75 Å². The zero-order chi connectivity index (χ0) is 13.3. The molecule has 0 bridgehead atoms. The Morgan fingerprint density at radius 2 is 2.28 bits per heavy atom. The topological polar surface area (TPSA) is 72.6 Å². The van der Waals surface area contributed by atoms with Crippen molar-refractivity contribution in [2.75, 3.05) is 7.11 Å². The quantitative estimate of drug-likeness (QED) is 0.942. The summed E-state index contributed by atoms with van der Waals surface area (Å²) in [6, 6.07) is 4.11. The molecule has 94 valence electrons. The summed E-state index contributed by atoms with van der Waals surface area (Å²) >= 11 is 3.05. The van der Waals surface area contributed by atoms with Crippen molar-refractivity contribution in [3.8, 4) is 17.1 Å². The Hall–Kier alpha value is -1.89. The molecule has 0 amide bonds. The number of ether oxygens (including phenoxy) is 1. The summed E-state index contributed by atoms with van der Waals surface area (Å²) < 4.78 is 23.8. The van der Waals surface area contributed by atoms with Crippen LogP contribution in [0.15, 0.2) is 27.2 Å². The number of aromatic carboxylic acids is 1. The molecule has 0 saturated heterocycles. The average molecular weight is 316 g/mol. The number of hydrogen-bond donors (Lipinski definition) is 1. The van der Waals surface area contributed by atoms with Gasteiger partial charge >= 0.3 is 5.97 Å². The molecule has 1 heterocycles. The monoisotopic (exact) mass is 315 g/mol. The normalized spacial score (nSPS) is 10.4. The largest absolute Gasteiger partial charge is 0.495 e. The van der Waals surface area contributed by atoms with Gasteiger partial charge in [0.2, 0.25) is 0 Å². The summed E-state index contributed by atoms with van der Waals surface area (Å²) in [4.78, 5) is 10.7. The molecule has 0 aliphatic carbocycles. The van der Waals surface area contributed by atoms with Crippen LogP contribution in [0.25, 0.3) is 11.3 Å². The molecule has 1 aromatic carbocycles. The van der Waals surface area contributed by atoms with Crippen molar-refractivity contribution in [2.45, 2.75) is 0 Å². The van der Waals surface area contributed by atoms with Gasteiger partial charge in [-0.2, -0.15) is 0 Å². The predicted octanol–water partition coefficient (Wildman–Crippen LogP) is 2.95. The van der Waals surface area contributed by atoms with E-state index in [0.29, 0.717) is 5.75 Å². The van der Waals surface area contributed by atoms with Crippen molar-refractivity contribution in [3.63, 3.8) is 0 Å². The summed E-state index contributed by atoms with van der Waals surface area (Å²) in [6.07, 6.45) is 0. The maximum atomic E-state index is 14.0. The third-order valence-corrected chi connectivity index (χ3v) is 3.00. The number of carboxylic acid groups (broad SMARTS) is 1. The number of carbonyl (C=O) groups is 1. The summed E-state index contributed by atoms with van der Waals surface area (Å²) in [5, 5.41) is 12.0. The summed E-state index contributed by atoms with van der Waals surface area (Å²) in [6.45, 7) is 0. The molecule has 0 fully saturated rings. The van der Waals surface area contributed by atoms with Crippen LogP contribution in [-0.2, 0) is 0 Å². The highest BCUT2D eigenvalue weighted by molar-refractivity contribution is 9.10. The van der Waals surface area contributed by atoms with E-state index in [1.807, 2.05) is 0 Å². The van der Waals surface area contributed by atoms with E-state index in [2.05, 4.69) is 21.1 Å². The molecular weight excluding hydrogens is 309 g/mol. The first-order valence-electron chi connectivity index (χ1n) is 4.77. The number of nitrogens with zero attached hydrogens (tertiary/aromatic N) is 1. The number of carboxylic acids is 1. The number of aromatic nitrogens is 1. The van der Waals surface area contributed by atoms with Gasteiger partial charge in [0, 0.05) is 6.07 Å². The molecule has 5 nitrogen and oxygen atoms in total. The first kappa shape index (κ1) is 12.6. The molecule has 0 spiro atoms. The van der Waals surface area contributed by atoms with Gasteiger partial charge in [0.25, 0.3) is 0 Å². The Kier molecular flexibility index (Phi) is 3.33. The third kappa shape index (κ3) is 2.08. The highest BCUT2D eigenvalue weighted by Crippen LogP contribution is 2.34. The van der Waals surface area contributed by atoms with E-state index in [1.165, 1.54) is 19.2 Å². The number of rotatable bonds is 3. The van der Waals surface area contributed by atoms with Crippen LogP contribution in [0.5, 0.6) is 5.75 Å².